The number of sulfonamides is 2. The molecule has 7 nitrogen and oxygen atoms in total. The Labute approximate surface area is 153 Å². The molecule has 1 aromatic heterocycles. The van der Waals surface area contributed by atoms with Gasteiger partial charge >= 0.3 is 0 Å². The van der Waals surface area contributed by atoms with Crippen LogP contribution in [0, 0.1) is 12.8 Å². The summed E-state index contributed by atoms with van der Waals surface area (Å²) < 4.78 is 53.0. The van der Waals surface area contributed by atoms with Crippen LogP contribution in [0.1, 0.15) is 12.0 Å². The lowest BCUT2D eigenvalue weighted by Crippen LogP contribution is -2.32. The molecule has 1 aliphatic heterocycles. The van der Waals surface area contributed by atoms with Gasteiger partial charge in [0, 0.05) is 36.6 Å². The Morgan fingerprint density at radius 2 is 2.08 bits per heavy atom. The zero-order valence-corrected chi connectivity index (χ0v) is 16.1. The quantitative estimate of drug-likeness (QED) is 0.802. The molecule has 0 amide bonds. The van der Waals surface area contributed by atoms with E-state index < -0.39 is 20.0 Å². The first-order valence-corrected chi connectivity index (χ1v) is 11.2. The molecule has 1 N–H and O–H groups in total. The lowest BCUT2D eigenvalue weighted by atomic mass is 10.1. The summed E-state index contributed by atoms with van der Waals surface area (Å²) in [5, 5.41) is 1.45. The highest BCUT2D eigenvalue weighted by Crippen LogP contribution is 2.30. The number of hydrogen-bond donors (Lipinski definition) is 1. The molecule has 0 bridgehead atoms. The van der Waals surface area contributed by atoms with E-state index in [1.54, 1.807) is 30.5 Å². The van der Waals surface area contributed by atoms with Crippen LogP contribution in [-0.2, 0) is 20.0 Å². The molecule has 0 radical (unpaired) electrons. The predicted octanol–water partition coefficient (Wildman–Crippen LogP) is 1.62. The maximum Gasteiger partial charge on any atom is 0.243 e. The van der Waals surface area contributed by atoms with E-state index >= 15 is 0 Å². The molecule has 9 heteroatoms. The Balaban J connectivity index is 1.84. The zero-order valence-electron chi connectivity index (χ0n) is 14.4. The molecule has 1 unspecified atom stereocenters. The summed E-state index contributed by atoms with van der Waals surface area (Å²) in [6.45, 7) is 5.96. The second kappa shape index (κ2) is 7.07. The van der Waals surface area contributed by atoms with E-state index in [0.717, 1.165) is 11.0 Å². The summed E-state index contributed by atoms with van der Waals surface area (Å²) in [5.74, 6) is -0.0747. The van der Waals surface area contributed by atoms with Gasteiger partial charge in [-0.25, -0.2) is 21.6 Å². The minimum Gasteiger partial charge on any atom is -0.256 e. The first-order valence-electron chi connectivity index (χ1n) is 8.21. The number of nitrogens with zero attached hydrogens (tertiary/aromatic N) is 2. The van der Waals surface area contributed by atoms with E-state index in [2.05, 4.69) is 16.3 Å². The molecule has 0 aliphatic carbocycles. The number of aryl methyl sites for hydroxylation is 1. The smallest absolute Gasteiger partial charge is 0.243 e. The molecular weight excluding hydrogens is 374 g/mol. The van der Waals surface area contributed by atoms with Crippen molar-refractivity contribution in [1.82, 2.24) is 14.0 Å². The Kier molecular flexibility index (Phi) is 5.16. The summed E-state index contributed by atoms with van der Waals surface area (Å²) in [6.07, 6.45) is 2.24. The molecule has 0 saturated carbocycles. The van der Waals surface area contributed by atoms with Crippen LogP contribution in [0.25, 0.3) is 10.9 Å². The average Bonchev–Trinajstić information content (AvgIpc) is 3.10. The van der Waals surface area contributed by atoms with E-state index in [9.17, 15) is 16.8 Å². The molecule has 140 valence electrons. The predicted molar refractivity (Wildman–Crippen MR) is 100 cm³/mol. The fourth-order valence-electron chi connectivity index (χ4n) is 3.13. The van der Waals surface area contributed by atoms with Crippen LogP contribution in [0.2, 0.25) is 0 Å². The van der Waals surface area contributed by atoms with Gasteiger partial charge in [-0.15, -0.1) is 0 Å². The van der Waals surface area contributed by atoms with Crippen molar-refractivity contribution in [3.63, 3.8) is 0 Å². The van der Waals surface area contributed by atoms with Crippen molar-refractivity contribution < 1.29 is 16.8 Å². The van der Waals surface area contributed by atoms with Gasteiger partial charge in [0.25, 0.3) is 0 Å². The van der Waals surface area contributed by atoms with Crippen molar-refractivity contribution in [2.75, 3.05) is 19.6 Å². The Morgan fingerprint density at radius 1 is 1.31 bits per heavy atom. The number of rotatable bonds is 6. The summed E-state index contributed by atoms with van der Waals surface area (Å²) >= 11 is 0. The standard InChI is InChI=1S/C17H21N3O4S2/c1-3-25(21,22)19-11-14-8-10-20(12-14)26(23,24)16-7-6-13(2)17-15(16)5-4-9-18-17/h3-7,9,14,19H,1,8,10-12H2,2H3. The van der Waals surface area contributed by atoms with E-state index in [4.69, 9.17) is 0 Å². The number of fused-ring (bicyclic) bond motifs is 1. The highest BCUT2D eigenvalue weighted by Gasteiger charge is 2.33. The van der Waals surface area contributed by atoms with Gasteiger partial charge in [0.2, 0.25) is 20.0 Å². The van der Waals surface area contributed by atoms with Crippen molar-refractivity contribution in [2.45, 2.75) is 18.2 Å². The van der Waals surface area contributed by atoms with Crippen molar-refractivity contribution >= 4 is 30.9 Å². The highest BCUT2D eigenvalue weighted by molar-refractivity contribution is 7.92. The minimum absolute atomic E-state index is 0.0747. The molecule has 1 saturated heterocycles. The molecule has 2 aromatic rings. The van der Waals surface area contributed by atoms with Crippen LogP contribution in [0.4, 0.5) is 0 Å². The lowest BCUT2D eigenvalue weighted by molar-refractivity contribution is 0.455. The molecule has 3 rings (SSSR count). The summed E-state index contributed by atoms with van der Waals surface area (Å²) in [5.41, 5.74) is 1.58. The normalized spacial score (nSPS) is 19.0. The van der Waals surface area contributed by atoms with Gasteiger partial charge in [0.05, 0.1) is 10.4 Å². The van der Waals surface area contributed by atoms with Gasteiger partial charge < -0.3 is 0 Å². The Bertz CT molecular complexity index is 1050. The topological polar surface area (TPSA) is 96.4 Å². The molecule has 1 aliphatic rings. The minimum atomic E-state index is -3.68. The molecule has 1 fully saturated rings. The first kappa shape index (κ1) is 19.0. The van der Waals surface area contributed by atoms with E-state index in [-0.39, 0.29) is 23.9 Å². The van der Waals surface area contributed by atoms with E-state index in [1.165, 1.54) is 4.31 Å². The van der Waals surface area contributed by atoms with Gasteiger partial charge in [0.1, 0.15) is 0 Å². The summed E-state index contributed by atoms with van der Waals surface area (Å²) in [6, 6.07) is 6.85. The third kappa shape index (κ3) is 3.66. The lowest BCUT2D eigenvalue weighted by Gasteiger charge is -2.18. The van der Waals surface area contributed by atoms with Gasteiger partial charge in [-0.05, 0) is 43.0 Å². The van der Waals surface area contributed by atoms with Crippen LogP contribution in [0.15, 0.2) is 47.3 Å². The van der Waals surface area contributed by atoms with Crippen LogP contribution < -0.4 is 4.72 Å². The number of nitrogens with one attached hydrogen (secondary N) is 1. The van der Waals surface area contributed by atoms with Crippen molar-refractivity contribution in [3.8, 4) is 0 Å². The molecule has 2 heterocycles. The average molecular weight is 396 g/mol. The third-order valence-corrected chi connectivity index (χ3v) is 7.52. The largest absolute Gasteiger partial charge is 0.256 e. The monoisotopic (exact) mass is 395 g/mol. The summed E-state index contributed by atoms with van der Waals surface area (Å²) in [7, 11) is -7.19. The fraction of sp³-hybridized carbons (Fsp3) is 0.353. The fourth-order valence-corrected chi connectivity index (χ4v) is 5.43. The SMILES string of the molecule is C=CS(=O)(=O)NCC1CCN(S(=O)(=O)c2ccc(C)c3ncccc23)C1. The second-order valence-electron chi connectivity index (χ2n) is 6.36. The van der Waals surface area contributed by atoms with Crippen LogP contribution in [-0.4, -0.2) is 45.8 Å². The molecule has 26 heavy (non-hydrogen) atoms. The maximum atomic E-state index is 13.1. The number of hydrogen-bond acceptors (Lipinski definition) is 5. The molecule has 1 atom stereocenters. The number of aromatic nitrogens is 1. The van der Waals surface area contributed by atoms with Gasteiger partial charge in [-0.2, -0.15) is 4.31 Å². The Morgan fingerprint density at radius 3 is 2.81 bits per heavy atom. The van der Waals surface area contributed by atoms with Crippen LogP contribution >= 0.6 is 0 Å². The number of benzene rings is 1. The van der Waals surface area contributed by atoms with Crippen molar-refractivity contribution in [1.29, 1.82) is 0 Å². The maximum absolute atomic E-state index is 13.1. The van der Waals surface area contributed by atoms with Crippen molar-refractivity contribution in [2.24, 2.45) is 5.92 Å². The number of pyridine rings is 1. The third-order valence-electron chi connectivity index (χ3n) is 4.59. The van der Waals surface area contributed by atoms with Crippen LogP contribution in [0.3, 0.4) is 0 Å². The molecular formula is C17H21N3O4S2. The highest BCUT2D eigenvalue weighted by atomic mass is 32.2. The van der Waals surface area contributed by atoms with E-state index in [1.807, 2.05) is 6.92 Å². The van der Waals surface area contributed by atoms with E-state index in [0.29, 0.717) is 23.9 Å². The van der Waals surface area contributed by atoms with Gasteiger partial charge in [-0.1, -0.05) is 12.6 Å². The van der Waals surface area contributed by atoms with Crippen molar-refractivity contribution in [3.05, 3.63) is 48.0 Å². The first-order chi connectivity index (χ1) is 12.2. The Hall–Kier alpha value is -1.81. The van der Waals surface area contributed by atoms with Crippen LogP contribution in [0.5, 0.6) is 0 Å². The zero-order chi connectivity index (χ0) is 18.9. The van der Waals surface area contributed by atoms with Gasteiger partial charge in [0.15, 0.2) is 0 Å². The second-order valence-corrected chi connectivity index (χ2v) is 9.98. The molecule has 1 aromatic carbocycles. The molecule has 0 spiro atoms. The summed E-state index contributed by atoms with van der Waals surface area (Å²) in [4.78, 5) is 4.53. The van der Waals surface area contributed by atoms with Gasteiger partial charge in [-0.3, -0.25) is 4.98 Å².